The van der Waals surface area contributed by atoms with Gasteiger partial charge in [-0.1, -0.05) is 25.4 Å². The maximum Gasteiger partial charge on any atom is 0.268 e. The zero-order valence-corrected chi connectivity index (χ0v) is 12.8. The van der Waals surface area contributed by atoms with Gasteiger partial charge in [0.05, 0.1) is 12.0 Å². The molecule has 2 rings (SSSR count). The predicted molar refractivity (Wildman–Crippen MR) is 79.0 cm³/mol. The third-order valence-corrected chi connectivity index (χ3v) is 3.68. The first-order chi connectivity index (χ1) is 9.81. The highest BCUT2D eigenvalue weighted by Gasteiger charge is 2.20. The van der Waals surface area contributed by atoms with E-state index in [0.29, 0.717) is 10.7 Å². The van der Waals surface area contributed by atoms with Gasteiger partial charge in [0.25, 0.3) is 5.91 Å². The van der Waals surface area contributed by atoms with E-state index in [1.54, 1.807) is 43.7 Å². The fourth-order valence-corrected chi connectivity index (χ4v) is 2.43. The first kappa shape index (κ1) is 15.4. The van der Waals surface area contributed by atoms with Crippen LogP contribution in [0.2, 0.25) is 5.02 Å². The van der Waals surface area contributed by atoms with Gasteiger partial charge in [0.1, 0.15) is 5.69 Å². The molecular weight excluding hydrogens is 292 g/mol. The van der Waals surface area contributed by atoms with Gasteiger partial charge in [-0.3, -0.25) is 4.79 Å². The van der Waals surface area contributed by atoms with Gasteiger partial charge >= 0.3 is 0 Å². The number of aryl methyl sites for hydroxylation is 1. The molecule has 112 valence electrons. The minimum Gasteiger partial charge on any atom is -0.548 e. The molecule has 1 amide bonds. The van der Waals surface area contributed by atoms with Crippen molar-refractivity contribution >= 4 is 34.4 Å². The quantitative estimate of drug-likeness (QED) is 0.926. The molecule has 1 N–H and O–H groups in total. The number of aliphatic carboxylic acids is 1. The molecule has 0 spiro atoms. The van der Waals surface area contributed by atoms with Gasteiger partial charge < -0.3 is 19.8 Å². The highest BCUT2D eigenvalue weighted by molar-refractivity contribution is 6.31. The number of carbonyl (C=O) groups excluding carboxylic acids is 2. The van der Waals surface area contributed by atoms with Gasteiger partial charge in [0.15, 0.2) is 0 Å². The zero-order chi connectivity index (χ0) is 15.7. The molecule has 2 aromatic rings. The molecule has 0 aliphatic rings. The number of carboxylic acid groups (broad SMARTS) is 1. The number of fused-ring (bicyclic) bond motifs is 1. The van der Waals surface area contributed by atoms with Crippen molar-refractivity contribution in [2.75, 3.05) is 0 Å². The van der Waals surface area contributed by atoms with E-state index in [0.717, 1.165) is 10.9 Å². The van der Waals surface area contributed by atoms with Crippen LogP contribution >= 0.6 is 11.6 Å². The predicted octanol–water partition coefficient (Wildman–Crippen LogP) is 1.34. The monoisotopic (exact) mass is 307 g/mol. The van der Waals surface area contributed by atoms with Crippen molar-refractivity contribution in [1.82, 2.24) is 9.88 Å². The summed E-state index contributed by atoms with van der Waals surface area (Å²) in [4.78, 5) is 23.3. The second-order valence-electron chi connectivity index (χ2n) is 5.31. The maximum atomic E-state index is 12.3. The van der Waals surface area contributed by atoms with Crippen LogP contribution in [0.15, 0.2) is 24.3 Å². The SMILES string of the molecule is CC(C)[C@H](NC(=O)c1cc2cc(Cl)ccc2n1C)C(=O)[O-]. The minimum atomic E-state index is -1.29. The number of nitrogens with zero attached hydrogens (tertiary/aromatic N) is 1. The average Bonchev–Trinajstić information content (AvgIpc) is 2.71. The molecule has 0 radical (unpaired) electrons. The summed E-state index contributed by atoms with van der Waals surface area (Å²) in [5.41, 5.74) is 1.22. The second-order valence-corrected chi connectivity index (χ2v) is 5.74. The van der Waals surface area contributed by atoms with Gasteiger partial charge in [-0.25, -0.2) is 0 Å². The summed E-state index contributed by atoms with van der Waals surface area (Å²) in [6.07, 6.45) is 0. The number of hydrogen-bond acceptors (Lipinski definition) is 3. The first-order valence-electron chi connectivity index (χ1n) is 6.58. The van der Waals surface area contributed by atoms with E-state index in [-0.39, 0.29) is 5.92 Å². The molecule has 0 bridgehead atoms. The van der Waals surface area contributed by atoms with E-state index < -0.39 is 17.9 Å². The van der Waals surface area contributed by atoms with Crippen molar-refractivity contribution in [3.05, 3.63) is 35.0 Å². The molecule has 6 heteroatoms. The van der Waals surface area contributed by atoms with E-state index in [2.05, 4.69) is 5.32 Å². The molecule has 1 atom stereocenters. The second kappa shape index (κ2) is 5.77. The molecule has 0 saturated heterocycles. The first-order valence-corrected chi connectivity index (χ1v) is 6.95. The van der Waals surface area contributed by atoms with Crippen LogP contribution in [-0.2, 0) is 11.8 Å². The van der Waals surface area contributed by atoms with Crippen molar-refractivity contribution in [2.45, 2.75) is 19.9 Å². The molecule has 5 nitrogen and oxygen atoms in total. The summed E-state index contributed by atoms with van der Waals surface area (Å²) in [7, 11) is 1.74. The van der Waals surface area contributed by atoms with Crippen LogP contribution < -0.4 is 10.4 Å². The van der Waals surface area contributed by atoms with Crippen LogP contribution in [0.4, 0.5) is 0 Å². The van der Waals surface area contributed by atoms with Crippen molar-refractivity contribution < 1.29 is 14.7 Å². The zero-order valence-electron chi connectivity index (χ0n) is 12.0. The molecule has 21 heavy (non-hydrogen) atoms. The van der Waals surface area contributed by atoms with Gasteiger partial charge in [-0.15, -0.1) is 0 Å². The Hall–Kier alpha value is -2.01. The smallest absolute Gasteiger partial charge is 0.268 e. The van der Waals surface area contributed by atoms with Crippen LogP contribution in [-0.4, -0.2) is 22.5 Å². The number of carboxylic acids is 1. The number of halogens is 1. The van der Waals surface area contributed by atoms with Crippen molar-refractivity contribution in [1.29, 1.82) is 0 Å². The third kappa shape index (κ3) is 3.03. The summed E-state index contributed by atoms with van der Waals surface area (Å²) >= 11 is 5.93. The summed E-state index contributed by atoms with van der Waals surface area (Å²) in [6, 6.07) is 5.96. The van der Waals surface area contributed by atoms with Gasteiger partial charge in [-0.05, 0) is 30.2 Å². The van der Waals surface area contributed by atoms with E-state index in [1.165, 1.54) is 0 Å². The van der Waals surface area contributed by atoms with Crippen LogP contribution in [0.5, 0.6) is 0 Å². The summed E-state index contributed by atoms with van der Waals surface area (Å²) < 4.78 is 1.70. The summed E-state index contributed by atoms with van der Waals surface area (Å²) in [5.74, 6) is -2.00. The highest BCUT2D eigenvalue weighted by atomic mass is 35.5. The summed E-state index contributed by atoms with van der Waals surface area (Å²) in [5, 5.41) is 15.0. The number of hydrogen-bond donors (Lipinski definition) is 1. The Bertz CT molecular complexity index is 706. The van der Waals surface area contributed by atoms with Crippen molar-refractivity contribution in [2.24, 2.45) is 13.0 Å². The summed E-state index contributed by atoms with van der Waals surface area (Å²) in [6.45, 7) is 3.42. The number of amides is 1. The number of carbonyl (C=O) groups is 2. The van der Waals surface area contributed by atoms with Crippen LogP contribution in [0.1, 0.15) is 24.3 Å². The Labute approximate surface area is 127 Å². The Morgan fingerprint density at radius 1 is 1.29 bits per heavy atom. The highest BCUT2D eigenvalue weighted by Crippen LogP contribution is 2.22. The van der Waals surface area contributed by atoms with E-state index >= 15 is 0 Å². The minimum absolute atomic E-state index is 0.261. The Kier molecular flexibility index (Phi) is 4.23. The lowest BCUT2D eigenvalue weighted by molar-refractivity contribution is -0.309. The molecule has 1 aromatic heterocycles. The molecule has 1 aromatic carbocycles. The third-order valence-electron chi connectivity index (χ3n) is 3.44. The molecule has 1 heterocycles. The molecule has 0 saturated carbocycles. The lowest BCUT2D eigenvalue weighted by atomic mass is 10.0. The molecule has 0 unspecified atom stereocenters. The maximum absolute atomic E-state index is 12.3. The van der Waals surface area contributed by atoms with E-state index in [1.807, 2.05) is 6.07 Å². The topological polar surface area (TPSA) is 74.2 Å². The Balaban J connectivity index is 2.35. The Morgan fingerprint density at radius 2 is 1.95 bits per heavy atom. The molecule has 0 aliphatic carbocycles. The molecule has 0 aliphatic heterocycles. The van der Waals surface area contributed by atoms with Crippen LogP contribution in [0, 0.1) is 5.92 Å². The lowest BCUT2D eigenvalue weighted by Gasteiger charge is -2.23. The Morgan fingerprint density at radius 3 is 2.52 bits per heavy atom. The fourth-order valence-electron chi connectivity index (χ4n) is 2.25. The van der Waals surface area contributed by atoms with E-state index in [4.69, 9.17) is 11.6 Å². The standard InChI is InChI=1S/C15H17ClN2O3/c1-8(2)13(15(20)21)17-14(19)12-7-9-6-10(16)4-5-11(9)18(12)3/h4-8,13H,1-3H3,(H,17,19)(H,20,21)/p-1/t13-/m0/s1. The van der Waals surface area contributed by atoms with Crippen LogP contribution in [0.25, 0.3) is 10.9 Å². The van der Waals surface area contributed by atoms with E-state index in [9.17, 15) is 14.7 Å². The van der Waals surface area contributed by atoms with Gasteiger partial charge in [-0.2, -0.15) is 0 Å². The largest absolute Gasteiger partial charge is 0.548 e. The van der Waals surface area contributed by atoms with Crippen LogP contribution in [0.3, 0.4) is 0 Å². The lowest BCUT2D eigenvalue weighted by Crippen LogP contribution is -2.51. The normalized spacial score (nSPS) is 12.6. The number of nitrogens with one attached hydrogen (secondary N) is 1. The average molecular weight is 308 g/mol. The fraction of sp³-hybridized carbons (Fsp3) is 0.333. The molecular formula is C15H16ClN2O3-. The van der Waals surface area contributed by atoms with Crippen molar-refractivity contribution in [3.63, 3.8) is 0 Å². The number of rotatable bonds is 4. The van der Waals surface area contributed by atoms with Gasteiger partial charge in [0.2, 0.25) is 0 Å². The number of aromatic nitrogens is 1. The number of benzene rings is 1. The van der Waals surface area contributed by atoms with Crippen molar-refractivity contribution in [3.8, 4) is 0 Å². The van der Waals surface area contributed by atoms with Gasteiger partial charge in [0, 0.05) is 23.0 Å². The molecule has 0 fully saturated rings.